The molecule has 0 amide bonds. The van der Waals surface area contributed by atoms with Crippen molar-refractivity contribution >= 4 is 0 Å². The van der Waals surface area contributed by atoms with E-state index in [9.17, 15) is 4.39 Å². The molecule has 1 heterocycles. The van der Waals surface area contributed by atoms with E-state index < -0.39 is 0 Å². The van der Waals surface area contributed by atoms with Crippen LogP contribution in [0.2, 0.25) is 0 Å². The minimum Gasteiger partial charge on any atom is -0.494 e. The third-order valence-electron chi connectivity index (χ3n) is 2.33. The zero-order valence-electron chi connectivity index (χ0n) is 9.27. The van der Waals surface area contributed by atoms with Crippen molar-refractivity contribution in [1.82, 2.24) is 9.78 Å². The van der Waals surface area contributed by atoms with Gasteiger partial charge in [-0.2, -0.15) is 5.10 Å². The van der Waals surface area contributed by atoms with Crippen LogP contribution in [0.5, 0.6) is 5.75 Å². The second kappa shape index (κ2) is 4.35. The predicted octanol–water partition coefficient (Wildman–Crippen LogP) is 2.39. The van der Waals surface area contributed by atoms with Gasteiger partial charge in [-0.3, -0.25) is 4.68 Å². The summed E-state index contributed by atoms with van der Waals surface area (Å²) < 4.78 is 20.0. The molecule has 0 unspecified atom stereocenters. The lowest BCUT2D eigenvalue weighted by Crippen LogP contribution is -2.01. The van der Waals surface area contributed by atoms with Crippen LogP contribution in [0.4, 0.5) is 4.39 Å². The molecule has 0 radical (unpaired) electrons. The second-order valence-corrected chi connectivity index (χ2v) is 3.62. The van der Waals surface area contributed by atoms with Gasteiger partial charge in [-0.05, 0) is 30.7 Å². The average Bonchev–Trinajstić information content (AvgIpc) is 2.64. The Hall–Kier alpha value is -1.84. The van der Waals surface area contributed by atoms with Crippen LogP contribution >= 0.6 is 0 Å². The van der Waals surface area contributed by atoms with Gasteiger partial charge in [-0.25, -0.2) is 4.39 Å². The normalized spacial score (nSPS) is 10.4. The summed E-state index contributed by atoms with van der Waals surface area (Å²) in [5, 5.41) is 4.24. The Morgan fingerprint density at radius 2 is 2.19 bits per heavy atom. The lowest BCUT2D eigenvalue weighted by molar-refractivity contribution is 0.386. The highest BCUT2D eigenvalue weighted by molar-refractivity contribution is 5.29. The van der Waals surface area contributed by atoms with E-state index in [1.165, 1.54) is 13.2 Å². The lowest BCUT2D eigenvalue weighted by Gasteiger charge is -2.05. The molecule has 0 bridgehead atoms. The standard InChI is InChI=1S/C12H13FN2O/c1-9-5-6-15(14-9)8-10-3-4-12(16-2)11(13)7-10/h3-7H,8H2,1-2H3. The molecule has 1 aromatic heterocycles. The fourth-order valence-corrected chi connectivity index (χ4v) is 1.55. The molecule has 4 heteroatoms. The van der Waals surface area contributed by atoms with E-state index >= 15 is 0 Å². The lowest BCUT2D eigenvalue weighted by atomic mass is 10.2. The van der Waals surface area contributed by atoms with Crippen LogP contribution in [0.1, 0.15) is 11.3 Å². The van der Waals surface area contributed by atoms with E-state index in [2.05, 4.69) is 5.10 Å². The van der Waals surface area contributed by atoms with Gasteiger partial charge in [0.2, 0.25) is 0 Å². The van der Waals surface area contributed by atoms with E-state index in [4.69, 9.17) is 4.74 Å². The molecular formula is C12H13FN2O. The number of rotatable bonds is 3. The zero-order valence-corrected chi connectivity index (χ0v) is 9.27. The first-order chi connectivity index (χ1) is 7.69. The Morgan fingerprint density at radius 1 is 1.38 bits per heavy atom. The number of benzene rings is 1. The number of methoxy groups -OCH3 is 1. The first-order valence-electron chi connectivity index (χ1n) is 5.01. The molecule has 0 fully saturated rings. The first-order valence-corrected chi connectivity index (χ1v) is 5.01. The first kappa shape index (κ1) is 10.7. The van der Waals surface area contributed by atoms with Gasteiger partial charge < -0.3 is 4.74 Å². The highest BCUT2D eigenvalue weighted by atomic mass is 19.1. The van der Waals surface area contributed by atoms with Crippen LogP contribution in [0, 0.1) is 12.7 Å². The Labute approximate surface area is 93.5 Å². The minimum absolute atomic E-state index is 0.264. The number of aromatic nitrogens is 2. The molecule has 1 aromatic carbocycles. The largest absolute Gasteiger partial charge is 0.494 e. The summed E-state index contributed by atoms with van der Waals surface area (Å²) in [5.41, 5.74) is 1.82. The fraction of sp³-hybridized carbons (Fsp3) is 0.250. The van der Waals surface area contributed by atoms with Gasteiger partial charge in [-0.1, -0.05) is 6.07 Å². The molecule has 0 aliphatic rings. The van der Waals surface area contributed by atoms with Crippen molar-refractivity contribution in [3.8, 4) is 5.75 Å². The van der Waals surface area contributed by atoms with Crippen molar-refractivity contribution in [2.24, 2.45) is 0 Å². The number of hydrogen-bond donors (Lipinski definition) is 0. The number of halogens is 1. The molecule has 0 aliphatic carbocycles. The monoisotopic (exact) mass is 220 g/mol. The van der Waals surface area contributed by atoms with Crippen molar-refractivity contribution in [2.45, 2.75) is 13.5 Å². The molecule has 0 spiro atoms. The Bertz CT molecular complexity index is 494. The van der Waals surface area contributed by atoms with Crippen LogP contribution < -0.4 is 4.74 Å². The molecule has 2 rings (SSSR count). The molecule has 2 aromatic rings. The van der Waals surface area contributed by atoms with Crippen molar-refractivity contribution in [1.29, 1.82) is 0 Å². The maximum absolute atomic E-state index is 13.4. The van der Waals surface area contributed by atoms with Crippen LogP contribution in [-0.4, -0.2) is 16.9 Å². The number of ether oxygens (including phenoxy) is 1. The van der Waals surface area contributed by atoms with Gasteiger partial charge in [0.15, 0.2) is 11.6 Å². The summed E-state index contributed by atoms with van der Waals surface area (Å²) in [6, 6.07) is 6.84. The molecule has 3 nitrogen and oxygen atoms in total. The maximum atomic E-state index is 13.4. The molecule has 84 valence electrons. The Kier molecular flexibility index (Phi) is 2.90. The van der Waals surface area contributed by atoms with Crippen LogP contribution in [0.15, 0.2) is 30.5 Å². The summed E-state index contributed by atoms with van der Waals surface area (Å²) in [6.45, 7) is 2.49. The van der Waals surface area contributed by atoms with Crippen molar-refractivity contribution in [3.05, 3.63) is 47.5 Å². The highest BCUT2D eigenvalue weighted by Gasteiger charge is 2.04. The van der Waals surface area contributed by atoms with E-state index in [1.807, 2.05) is 25.3 Å². The van der Waals surface area contributed by atoms with Gasteiger partial charge >= 0.3 is 0 Å². The van der Waals surface area contributed by atoms with Gasteiger partial charge in [0.1, 0.15) is 0 Å². The summed E-state index contributed by atoms with van der Waals surface area (Å²) in [5.74, 6) is -0.0794. The maximum Gasteiger partial charge on any atom is 0.165 e. The number of aryl methyl sites for hydroxylation is 1. The molecule has 16 heavy (non-hydrogen) atoms. The van der Waals surface area contributed by atoms with Crippen molar-refractivity contribution in [2.75, 3.05) is 7.11 Å². The molecule has 0 atom stereocenters. The summed E-state index contributed by atoms with van der Waals surface area (Å²) >= 11 is 0. The average molecular weight is 220 g/mol. The van der Waals surface area contributed by atoms with Gasteiger partial charge in [-0.15, -0.1) is 0 Å². The van der Waals surface area contributed by atoms with Crippen LogP contribution in [-0.2, 0) is 6.54 Å². The summed E-state index contributed by atoms with van der Waals surface area (Å²) in [7, 11) is 1.45. The van der Waals surface area contributed by atoms with E-state index in [0.717, 1.165) is 11.3 Å². The predicted molar refractivity (Wildman–Crippen MR) is 59.0 cm³/mol. The number of nitrogens with zero attached hydrogens (tertiary/aromatic N) is 2. The quantitative estimate of drug-likeness (QED) is 0.794. The molecular weight excluding hydrogens is 207 g/mol. The summed E-state index contributed by atoms with van der Waals surface area (Å²) in [6.07, 6.45) is 1.87. The Morgan fingerprint density at radius 3 is 2.75 bits per heavy atom. The molecule has 0 saturated heterocycles. The third kappa shape index (κ3) is 2.21. The topological polar surface area (TPSA) is 27.1 Å². The van der Waals surface area contributed by atoms with Crippen molar-refractivity contribution in [3.63, 3.8) is 0 Å². The van der Waals surface area contributed by atoms with Gasteiger partial charge in [0.25, 0.3) is 0 Å². The van der Waals surface area contributed by atoms with Gasteiger partial charge in [0.05, 0.1) is 19.3 Å². The van der Waals surface area contributed by atoms with E-state index in [0.29, 0.717) is 6.54 Å². The minimum atomic E-state index is -0.344. The smallest absolute Gasteiger partial charge is 0.165 e. The summed E-state index contributed by atoms with van der Waals surface area (Å²) in [4.78, 5) is 0. The highest BCUT2D eigenvalue weighted by Crippen LogP contribution is 2.18. The Balaban J connectivity index is 2.19. The van der Waals surface area contributed by atoms with Crippen LogP contribution in [0.25, 0.3) is 0 Å². The van der Waals surface area contributed by atoms with E-state index in [1.54, 1.807) is 10.7 Å². The molecule has 0 aliphatic heterocycles. The van der Waals surface area contributed by atoms with E-state index in [-0.39, 0.29) is 11.6 Å². The van der Waals surface area contributed by atoms with Crippen molar-refractivity contribution < 1.29 is 9.13 Å². The SMILES string of the molecule is COc1ccc(Cn2ccc(C)n2)cc1F. The zero-order chi connectivity index (χ0) is 11.5. The van der Waals surface area contributed by atoms with Gasteiger partial charge in [0, 0.05) is 6.20 Å². The van der Waals surface area contributed by atoms with Crippen LogP contribution in [0.3, 0.4) is 0 Å². The molecule has 0 N–H and O–H groups in total. The third-order valence-corrected chi connectivity index (χ3v) is 2.33. The fourth-order valence-electron chi connectivity index (χ4n) is 1.55. The molecule has 0 saturated carbocycles. The number of hydrogen-bond acceptors (Lipinski definition) is 2. The second-order valence-electron chi connectivity index (χ2n) is 3.62.